The van der Waals surface area contributed by atoms with E-state index in [-0.39, 0.29) is 6.10 Å². The van der Waals surface area contributed by atoms with Gasteiger partial charge in [-0.25, -0.2) is 0 Å². The molecular formula is C15H28N2O2. The van der Waals surface area contributed by atoms with Crippen molar-refractivity contribution in [2.24, 2.45) is 17.8 Å². The minimum absolute atomic E-state index is 0.239. The number of ether oxygens (including phenoxy) is 1. The Morgan fingerprint density at radius 2 is 2.05 bits per heavy atom. The molecule has 4 heteroatoms. The molecule has 0 aromatic rings. The summed E-state index contributed by atoms with van der Waals surface area (Å²) in [7, 11) is 0. The van der Waals surface area contributed by atoms with Crippen LogP contribution in [0.15, 0.2) is 0 Å². The highest BCUT2D eigenvalue weighted by molar-refractivity contribution is 4.90. The lowest BCUT2D eigenvalue weighted by molar-refractivity contribution is 0.0147. The van der Waals surface area contributed by atoms with Crippen molar-refractivity contribution in [2.75, 3.05) is 45.9 Å². The monoisotopic (exact) mass is 268 g/mol. The van der Waals surface area contributed by atoms with Crippen LogP contribution < -0.4 is 5.32 Å². The smallest absolute Gasteiger partial charge is 0.0791 e. The van der Waals surface area contributed by atoms with Gasteiger partial charge in [-0.1, -0.05) is 6.42 Å². The van der Waals surface area contributed by atoms with Crippen LogP contribution in [0.3, 0.4) is 0 Å². The lowest BCUT2D eigenvalue weighted by Crippen LogP contribution is -2.44. The summed E-state index contributed by atoms with van der Waals surface area (Å²) in [5, 5.41) is 13.6. The minimum atomic E-state index is -0.239. The molecule has 2 N–H and O–H groups in total. The van der Waals surface area contributed by atoms with Crippen LogP contribution in [-0.2, 0) is 4.74 Å². The molecule has 3 fully saturated rings. The predicted molar refractivity (Wildman–Crippen MR) is 75.1 cm³/mol. The Morgan fingerprint density at radius 1 is 1.21 bits per heavy atom. The third kappa shape index (κ3) is 3.69. The van der Waals surface area contributed by atoms with Gasteiger partial charge in [-0.15, -0.1) is 0 Å². The molecule has 4 unspecified atom stereocenters. The van der Waals surface area contributed by atoms with Gasteiger partial charge in [0.05, 0.1) is 19.3 Å². The zero-order chi connectivity index (χ0) is 13.1. The number of aliphatic hydroxyl groups is 1. The summed E-state index contributed by atoms with van der Waals surface area (Å²) >= 11 is 0. The molecule has 2 saturated carbocycles. The summed E-state index contributed by atoms with van der Waals surface area (Å²) in [4.78, 5) is 2.30. The highest BCUT2D eigenvalue weighted by atomic mass is 16.5. The fourth-order valence-electron chi connectivity index (χ4n) is 4.21. The number of morpholine rings is 1. The highest BCUT2D eigenvalue weighted by Gasteiger charge is 2.38. The van der Waals surface area contributed by atoms with Gasteiger partial charge in [0.2, 0.25) is 0 Å². The summed E-state index contributed by atoms with van der Waals surface area (Å²) < 4.78 is 5.32. The normalized spacial score (nSPS) is 36.8. The number of β-amino-alcohol motifs (C(OH)–C–C–N with tert-alkyl or cyclic N) is 1. The van der Waals surface area contributed by atoms with Gasteiger partial charge < -0.3 is 15.2 Å². The summed E-state index contributed by atoms with van der Waals surface area (Å²) in [6, 6.07) is 0. The lowest BCUT2D eigenvalue weighted by Gasteiger charge is -2.29. The number of nitrogens with zero attached hydrogens (tertiary/aromatic N) is 1. The van der Waals surface area contributed by atoms with Crippen LogP contribution in [0.4, 0.5) is 0 Å². The van der Waals surface area contributed by atoms with E-state index in [1.165, 1.54) is 25.7 Å². The molecule has 0 amide bonds. The number of rotatable bonds is 6. The number of hydrogen-bond donors (Lipinski definition) is 2. The molecular weight excluding hydrogens is 240 g/mol. The molecule has 0 radical (unpaired) electrons. The third-order valence-electron chi connectivity index (χ3n) is 5.24. The first-order valence-corrected chi connectivity index (χ1v) is 8.00. The van der Waals surface area contributed by atoms with Crippen molar-refractivity contribution in [1.82, 2.24) is 10.2 Å². The van der Waals surface area contributed by atoms with E-state index in [4.69, 9.17) is 4.74 Å². The maximum absolute atomic E-state index is 10.1. The average molecular weight is 268 g/mol. The first-order chi connectivity index (χ1) is 9.31. The molecule has 0 aromatic heterocycles. The number of nitrogens with one attached hydrogen (secondary N) is 1. The maximum atomic E-state index is 10.1. The number of aliphatic hydroxyl groups excluding tert-OH is 1. The average Bonchev–Trinajstić information content (AvgIpc) is 3.02. The lowest BCUT2D eigenvalue weighted by atomic mass is 9.89. The van der Waals surface area contributed by atoms with Crippen LogP contribution in [0.5, 0.6) is 0 Å². The summed E-state index contributed by atoms with van der Waals surface area (Å²) in [6.07, 6.45) is 5.59. The fourth-order valence-corrected chi connectivity index (χ4v) is 4.21. The summed E-state index contributed by atoms with van der Waals surface area (Å²) in [6.45, 7) is 6.18. The van der Waals surface area contributed by atoms with Gasteiger partial charge >= 0.3 is 0 Å². The Kier molecular flexibility index (Phi) is 4.74. The van der Waals surface area contributed by atoms with Crippen LogP contribution in [0.1, 0.15) is 25.7 Å². The highest BCUT2D eigenvalue weighted by Crippen LogP contribution is 2.47. The largest absolute Gasteiger partial charge is 0.390 e. The van der Waals surface area contributed by atoms with Gasteiger partial charge in [-0.2, -0.15) is 0 Å². The quantitative estimate of drug-likeness (QED) is 0.744. The van der Waals surface area contributed by atoms with E-state index in [1.54, 1.807) is 0 Å². The van der Waals surface area contributed by atoms with E-state index < -0.39 is 0 Å². The molecule has 3 rings (SSSR count). The second-order valence-corrected chi connectivity index (χ2v) is 6.66. The van der Waals surface area contributed by atoms with E-state index in [0.29, 0.717) is 0 Å². The maximum Gasteiger partial charge on any atom is 0.0791 e. The van der Waals surface area contributed by atoms with Crippen molar-refractivity contribution in [3.63, 3.8) is 0 Å². The second-order valence-electron chi connectivity index (χ2n) is 6.66. The molecule has 2 bridgehead atoms. The first kappa shape index (κ1) is 13.8. The molecule has 1 saturated heterocycles. The number of hydrogen-bond acceptors (Lipinski definition) is 4. The van der Waals surface area contributed by atoms with Crippen LogP contribution in [0.2, 0.25) is 0 Å². The van der Waals surface area contributed by atoms with Crippen LogP contribution in [-0.4, -0.2) is 62.0 Å². The van der Waals surface area contributed by atoms with Gasteiger partial charge in [0.25, 0.3) is 0 Å². The molecule has 0 spiro atoms. The van der Waals surface area contributed by atoms with Gasteiger partial charge in [0.1, 0.15) is 0 Å². The van der Waals surface area contributed by atoms with Gasteiger partial charge in [-0.3, -0.25) is 4.90 Å². The fraction of sp³-hybridized carbons (Fsp3) is 1.00. The van der Waals surface area contributed by atoms with E-state index in [2.05, 4.69) is 10.2 Å². The van der Waals surface area contributed by atoms with E-state index >= 15 is 0 Å². The SMILES string of the molecule is OC(CNCC1CC2CCC1C2)CN1CCOCC1. The van der Waals surface area contributed by atoms with Crippen molar-refractivity contribution in [3.8, 4) is 0 Å². The van der Waals surface area contributed by atoms with E-state index in [0.717, 1.165) is 63.7 Å². The summed E-state index contributed by atoms with van der Waals surface area (Å²) in [5.74, 6) is 2.89. The first-order valence-electron chi connectivity index (χ1n) is 8.00. The van der Waals surface area contributed by atoms with E-state index in [1.807, 2.05) is 0 Å². The number of fused-ring (bicyclic) bond motifs is 2. The van der Waals surface area contributed by atoms with Gasteiger partial charge in [0.15, 0.2) is 0 Å². The minimum Gasteiger partial charge on any atom is -0.390 e. The molecule has 1 heterocycles. The molecule has 19 heavy (non-hydrogen) atoms. The topological polar surface area (TPSA) is 44.7 Å². The van der Waals surface area contributed by atoms with Crippen LogP contribution in [0.25, 0.3) is 0 Å². The van der Waals surface area contributed by atoms with Crippen molar-refractivity contribution >= 4 is 0 Å². The van der Waals surface area contributed by atoms with Crippen molar-refractivity contribution in [1.29, 1.82) is 0 Å². The van der Waals surface area contributed by atoms with Crippen molar-refractivity contribution < 1.29 is 9.84 Å². The Labute approximate surface area is 116 Å². The zero-order valence-electron chi connectivity index (χ0n) is 11.9. The standard InChI is InChI=1S/C15H28N2O2/c18-15(11-17-3-5-19-6-4-17)10-16-9-14-8-12-1-2-13(14)7-12/h12-16,18H,1-11H2. The van der Waals surface area contributed by atoms with E-state index in [9.17, 15) is 5.11 Å². The Hall–Kier alpha value is -0.160. The predicted octanol–water partition coefficient (Wildman–Crippen LogP) is 0.705. The molecule has 3 aliphatic rings. The van der Waals surface area contributed by atoms with Crippen molar-refractivity contribution in [3.05, 3.63) is 0 Å². The molecule has 4 nitrogen and oxygen atoms in total. The van der Waals surface area contributed by atoms with Gasteiger partial charge in [-0.05, 0) is 43.6 Å². The summed E-state index contributed by atoms with van der Waals surface area (Å²) in [5.41, 5.74) is 0. The van der Waals surface area contributed by atoms with Crippen LogP contribution >= 0.6 is 0 Å². The Balaban J connectivity index is 1.29. The molecule has 0 aromatic carbocycles. The van der Waals surface area contributed by atoms with Gasteiger partial charge in [0, 0.05) is 26.2 Å². The molecule has 110 valence electrons. The van der Waals surface area contributed by atoms with Crippen molar-refractivity contribution in [2.45, 2.75) is 31.8 Å². The van der Waals surface area contributed by atoms with Crippen LogP contribution in [0, 0.1) is 17.8 Å². The second kappa shape index (κ2) is 6.53. The molecule has 4 atom stereocenters. The zero-order valence-corrected chi connectivity index (χ0v) is 11.9. The molecule has 2 aliphatic carbocycles. The molecule has 1 aliphatic heterocycles. The Morgan fingerprint density at radius 3 is 2.74 bits per heavy atom. The third-order valence-corrected chi connectivity index (χ3v) is 5.24. The Bertz CT molecular complexity index is 281.